The third-order valence-electron chi connectivity index (χ3n) is 5.02. The summed E-state index contributed by atoms with van der Waals surface area (Å²) in [7, 11) is 1.56. The van der Waals surface area contributed by atoms with Crippen molar-refractivity contribution < 1.29 is 9.47 Å². The fourth-order valence-electron chi connectivity index (χ4n) is 3.78. The molecule has 2 aromatic rings. The summed E-state index contributed by atoms with van der Waals surface area (Å²) in [5, 5.41) is 7.18. The number of hydrogen-bond donors (Lipinski definition) is 2. The van der Waals surface area contributed by atoms with Crippen molar-refractivity contribution in [3.05, 3.63) is 41.0 Å². The van der Waals surface area contributed by atoms with Gasteiger partial charge in [0.2, 0.25) is 5.75 Å². The van der Waals surface area contributed by atoms with Gasteiger partial charge in [-0.2, -0.15) is 4.98 Å². The minimum Gasteiger partial charge on any atom is -0.489 e. The molecule has 0 spiro atoms. The van der Waals surface area contributed by atoms with E-state index in [2.05, 4.69) is 25.4 Å². The molecular formula is C19H20ClN5O2. The van der Waals surface area contributed by atoms with Crippen molar-refractivity contribution >= 4 is 28.8 Å². The van der Waals surface area contributed by atoms with E-state index in [1.54, 1.807) is 25.3 Å². The molecule has 1 aromatic heterocycles. The smallest absolute Gasteiger partial charge is 0.262 e. The van der Waals surface area contributed by atoms with Crippen molar-refractivity contribution in [3.63, 3.8) is 0 Å². The van der Waals surface area contributed by atoms with E-state index >= 15 is 0 Å². The summed E-state index contributed by atoms with van der Waals surface area (Å²) in [6.07, 6.45) is 5.90. The molecule has 2 bridgehead atoms. The number of ether oxygens (including phenoxy) is 2. The van der Waals surface area contributed by atoms with E-state index in [1.807, 2.05) is 0 Å². The Hall–Kier alpha value is -2.56. The van der Waals surface area contributed by atoms with E-state index in [-0.39, 0.29) is 6.10 Å². The van der Waals surface area contributed by atoms with Crippen LogP contribution in [-0.4, -0.2) is 35.3 Å². The molecule has 4 rings (SSSR count). The molecule has 1 aromatic carbocycles. The second-order valence-electron chi connectivity index (χ2n) is 6.81. The first-order valence-electron chi connectivity index (χ1n) is 8.92. The lowest BCUT2D eigenvalue weighted by Crippen LogP contribution is -2.42. The Morgan fingerprint density at radius 3 is 2.70 bits per heavy atom. The predicted molar refractivity (Wildman–Crippen MR) is 103 cm³/mol. The molecule has 2 unspecified atom stereocenters. The van der Waals surface area contributed by atoms with Gasteiger partial charge in [-0.3, -0.25) is 0 Å². The number of nitrogens with zero attached hydrogens (tertiary/aromatic N) is 3. The molecule has 140 valence electrons. The number of fused-ring (bicyclic) bond motifs is 2. The Kier molecular flexibility index (Phi) is 5.01. The standard InChI is InChI=1S/C19H20ClN5O2/c1-21-11-5-6-16(15(20)9-11)25-18-17(26-2)19(23-10-22-18)27-14-7-12-3-4-13(8-14)24-12/h5-6,9-10,12-14,24H,3-4,7-8H2,2H3,(H,22,23,25). The van der Waals surface area contributed by atoms with E-state index in [1.165, 1.54) is 19.2 Å². The Balaban J connectivity index is 1.55. The average Bonchev–Trinajstić information content (AvgIpc) is 3.02. The maximum absolute atomic E-state index is 7.06. The second kappa shape index (κ2) is 7.59. The lowest BCUT2D eigenvalue weighted by Gasteiger charge is -2.29. The Labute approximate surface area is 162 Å². The highest BCUT2D eigenvalue weighted by Crippen LogP contribution is 2.38. The number of rotatable bonds is 5. The van der Waals surface area contributed by atoms with Crippen molar-refractivity contribution in [1.82, 2.24) is 15.3 Å². The Morgan fingerprint density at radius 1 is 1.26 bits per heavy atom. The molecule has 0 radical (unpaired) electrons. The van der Waals surface area contributed by atoms with Crippen LogP contribution in [0, 0.1) is 6.57 Å². The van der Waals surface area contributed by atoms with Crippen molar-refractivity contribution in [1.29, 1.82) is 0 Å². The third-order valence-corrected chi connectivity index (χ3v) is 5.33. The number of aromatic nitrogens is 2. The van der Waals surface area contributed by atoms with E-state index < -0.39 is 0 Å². The van der Waals surface area contributed by atoms with Crippen LogP contribution in [0.2, 0.25) is 5.02 Å². The Morgan fingerprint density at radius 2 is 2.04 bits per heavy atom. The summed E-state index contributed by atoms with van der Waals surface area (Å²) in [6, 6.07) is 6.09. The first-order valence-corrected chi connectivity index (χ1v) is 9.29. The van der Waals surface area contributed by atoms with Gasteiger partial charge in [-0.25, -0.2) is 9.83 Å². The van der Waals surface area contributed by atoms with Gasteiger partial charge in [-0.15, -0.1) is 0 Å². The highest BCUT2D eigenvalue weighted by atomic mass is 35.5. The quantitative estimate of drug-likeness (QED) is 0.755. The van der Waals surface area contributed by atoms with Gasteiger partial charge >= 0.3 is 0 Å². The van der Waals surface area contributed by atoms with Gasteiger partial charge < -0.3 is 20.1 Å². The lowest BCUT2D eigenvalue weighted by atomic mass is 10.0. The molecule has 2 atom stereocenters. The molecule has 2 aliphatic rings. The van der Waals surface area contributed by atoms with Crippen molar-refractivity contribution in [2.45, 2.75) is 43.9 Å². The van der Waals surface area contributed by atoms with Crippen LogP contribution >= 0.6 is 11.6 Å². The van der Waals surface area contributed by atoms with Crippen LogP contribution in [0.1, 0.15) is 25.7 Å². The minimum absolute atomic E-state index is 0.113. The molecule has 2 aliphatic heterocycles. The first kappa shape index (κ1) is 17.8. The average molecular weight is 386 g/mol. The molecule has 0 amide bonds. The number of methoxy groups -OCH3 is 1. The van der Waals surface area contributed by atoms with Crippen LogP contribution in [-0.2, 0) is 0 Å². The summed E-state index contributed by atoms with van der Waals surface area (Å²) in [5.41, 5.74) is 1.11. The maximum Gasteiger partial charge on any atom is 0.262 e. The molecule has 27 heavy (non-hydrogen) atoms. The predicted octanol–water partition coefficient (Wildman–Crippen LogP) is 4.09. The van der Waals surface area contributed by atoms with Gasteiger partial charge in [0, 0.05) is 12.1 Å². The van der Waals surface area contributed by atoms with Crippen LogP contribution in [0.5, 0.6) is 11.6 Å². The van der Waals surface area contributed by atoms with Crippen molar-refractivity contribution in [3.8, 4) is 11.6 Å². The van der Waals surface area contributed by atoms with Gasteiger partial charge in [-0.1, -0.05) is 17.7 Å². The van der Waals surface area contributed by atoms with Gasteiger partial charge in [0.1, 0.15) is 12.4 Å². The van der Waals surface area contributed by atoms with E-state index in [0.717, 1.165) is 12.8 Å². The molecule has 2 N–H and O–H groups in total. The minimum atomic E-state index is 0.113. The number of hydrogen-bond acceptors (Lipinski definition) is 6. The number of anilines is 2. The normalized spacial score (nSPS) is 23.5. The topological polar surface area (TPSA) is 72.7 Å². The molecule has 2 fully saturated rings. The van der Waals surface area contributed by atoms with Crippen LogP contribution in [0.4, 0.5) is 17.2 Å². The summed E-state index contributed by atoms with van der Waals surface area (Å²) >= 11 is 6.26. The second-order valence-corrected chi connectivity index (χ2v) is 7.22. The van der Waals surface area contributed by atoms with Gasteiger partial charge in [0.15, 0.2) is 11.5 Å². The number of halogens is 1. The van der Waals surface area contributed by atoms with Gasteiger partial charge in [0.05, 0.1) is 24.4 Å². The highest BCUT2D eigenvalue weighted by Gasteiger charge is 2.35. The van der Waals surface area contributed by atoms with Crippen molar-refractivity contribution in [2.24, 2.45) is 0 Å². The zero-order valence-electron chi connectivity index (χ0n) is 14.9. The first-order chi connectivity index (χ1) is 13.2. The monoisotopic (exact) mass is 385 g/mol. The molecule has 0 aliphatic carbocycles. The van der Waals surface area contributed by atoms with Gasteiger partial charge in [0.25, 0.3) is 5.88 Å². The largest absolute Gasteiger partial charge is 0.489 e. The fraction of sp³-hybridized carbons (Fsp3) is 0.421. The zero-order valence-corrected chi connectivity index (χ0v) is 15.7. The van der Waals surface area contributed by atoms with Crippen molar-refractivity contribution in [2.75, 3.05) is 12.4 Å². The number of piperidine rings is 1. The molecule has 2 saturated heterocycles. The molecule has 0 saturated carbocycles. The van der Waals surface area contributed by atoms with Crippen LogP contribution < -0.4 is 20.1 Å². The third kappa shape index (κ3) is 3.77. The fourth-order valence-corrected chi connectivity index (χ4v) is 4.00. The molecule has 7 nitrogen and oxygen atoms in total. The zero-order chi connectivity index (χ0) is 18.8. The molecule has 8 heteroatoms. The molecule has 3 heterocycles. The van der Waals surface area contributed by atoms with Crippen LogP contribution in [0.15, 0.2) is 24.5 Å². The van der Waals surface area contributed by atoms with Gasteiger partial charge in [-0.05, 0) is 37.8 Å². The number of nitrogens with one attached hydrogen (secondary N) is 2. The van der Waals surface area contributed by atoms with Crippen LogP contribution in [0.25, 0.3) is 4.85 Å². The van der Waals surface area contributed by atoms with E-state index in [9.17, 15) is 0 Å². The summed E-state index contributed by atoms with van der Waals surface area (Å²) in [6.45, 7) is 7.06. The maximum atomic E-state index is 7.06. The van der Waals surface area contributed by atoms with E-state index in [0.29, 0.717) is 45.9 Å². The summed E-state index contributed by atoms with van der Waals surface area (Å²) in [4.78, 5) is 11.9. The SMILES string of the molecule is [C-]#[N+]c1ccc(Nc2ncnc(OC3CC4CCC(C3)N4)c2OC)c(Cl)c1. The summed E-state index contributed by atoms with van der Waals surface area (Å²) < 4.78 is 11.7. The summed E-state index contributed by atoms with van der Waals surface area (Å²) in [5.74, 6) is 1.33. The van der Waals surface area contributed by atoms with E-state index in [4.69, 9.17) is 27.6 Å². The highest BCUT2D eigenvalue weighted by molar-refractivity contribution is 6.33. The number of benzene rings is 1. The molecular weight excluding hydrogens is 366 g/mol. The van der Waals surface area contributed by atoms with Crippen LogP contribution in [0.3, 0.4) is 0 Å². The Bertz CT molecular complexity index is 873. The lowest BCUT2D eigenvalue weighted by molar-refractivity contribution is 0.127.